The zero-order valence-corrected chi connectivity index (χ0v) is 19.0. The Labute approximate surface area is 184 Å². The van der Waals surface area contributed by atoms with Crippen molar-refractivity contribution in [3.63, 3.8) is 0 Å². The molecule has 0 N–H and O–H groups in total. The average Bonchev–Trinajstić information content (AvgIpc) is 3.18. The molecule has 0 amide bonds. The van der Waals surface area contributed by atoms with E-state index in [-0.39, 0.29) is 22.7 Å². The van der Waals surface area contributed by atoms with Gasteiger partial charge in [0.1, 0.15) is 5.78 Å². The number of hydrogen-bond acceptors (Lipinski definition) is 5. The van der Waals surface area contributed by atoms with Crippen molar-refractivity contribution in [3.8, 4) is 0 Å². The van der Waals surface area contributed by atoms with Crippen LogP contribution in [0.5, 0.6) is 0 Å². The van der Waals surface area contributed by atoms with Gasteiger partial charge in [-0.05, 0) is 81.1 Å². The lowest BCUT2D eigenvalue weighted by Gasteiger charge is -2.54. The Morgan fingerprint density at radius 3 is 2.77 bits per heavy atom. The van der Waals surface area contributed by atoms with Crippen LogP contribution in [0.15, 0.2) is 46.6 Å². The van der Waals surface area contributed by atoms with Crippen LogP contribution in [-0.2, 0) is 14.4 Å². The Balaban J connectivity index is 1.68. The summed E-state index contributed by atoms with van der Waals surface area (Å²) in [6.07, 6.45) is 12.6. The summed E-state index contributed by atoms with van der Waals surface area (Å²) in [6, 6.07) is -0.526. The molecule has 166 valence electrons. The van der Waals surface area contributed by atoms with Crippen molar-refractivity contribution in [1.82, 2.24) is 5.23 Å². The van der Waals surface area contributed by atoms with E-state index in [1.165, 1.54) is 5.57 Å². The summed E-state index contributed by atoms with van der Waals surface area (Å²) in [7, 11) is 0. The molecule has 1 fully saturated rings. The third kappa shape index (κ3) is 2.66. The van der Waals surface area contributed by atoms with E-state index in [1.54, 1.807) is 12.2 Å². The summed E-state index contributed by atoms with van der Waals surface area (Å²) < 4.78 is 0. The van der Waals surface area contributed by atoms with E-state index in [0.29, 0.717) is 18.6 Å². The first-order chi connectivity index (χ1) is 14.7. The molecule has 1 spiro atoms. The van der Waals surface area contributed by atoms with Crippen molar-refractivity contribution >= 4 is 11.6 Å². The third-order valence-electron chi connectivity index (χ3n) is 9.04. The average molecular weight is 423 g/mol. The van der Waals surface area contributed by atoms with E-state index in [0.717, 1.165) is 54.0 Å². The maximum atomic E-state index is 13.3. The smallest absolute Gasteiger partial charge is 0.178 e. The lowest BCUT2D eigenvalue weighted by molar-refractivity contribution is -0.177. The number of Topliss-reactive ketones (excluding diaryl/α,β-unsaturated/α-hetero) is 1. The number of carbonyl (C=O) groups is 2. The van der Waals surface area contributed by atoms with Crippen LogP contribution in [-0.4, -0.2) is 28.9 Å². The van der Waals surface area contributed by atoms with E-state index in [9.17, 15) is 14.8 Å². The monoisotopic (exact) mass is 422 g/mol. The van der Waals surface area contributed by atoms with Gasteiger partial charge in [0.05, 0.1) is 17.6 Å². The summed E-state index contributed by atoms with van der Waals surface area (Å²) in [6.45, 7) is 8.29. The molecule has 5 heteroatoms. The maximum absolute atomic E-state index is 13.3. The predicted molar refractivity (Wildman–Crippen MR) is 119 cm³/mol. The van der Waals surface area contributed by atoms with Crippen molar-refractivity contribution < 1.29 is 14.4 Å². The molecule has 0 aliphatic heterocycles. The van der Waals surface area contributed by atoms with Gasteiger partial charge in [-0.2, -0.15) is 0 Å². The van der Waals surface area contributed by atoms with Crippen LogP contribution in [0.1, 0.15) is 72.6 Å². The molecule has 5 rings (SSSR count). The molecule has 5 nitrogen and oxygen atoms in total. The Hall–Kier alpha value is -1.82. The minimum Gasteiger partial charge on any atom is -0.762 e. The highest BCUT2D eigenvalue weighted by atomic mass is 16.9. The van der Waals surface area contributed by atoms with E-state index >= 15 is 0 Å². The zero-order valence-electron chi connectivity index (χ0n) is 19.0. The van der Waals surface area contributed by atoms with E-state index in [1.807, 2.05) is 19.9 Å². The van der Waals surface area contributed by atoms with Gasteiger partial charge in [0.2, 0.25) is 0 Å². The molecule has 31 heavy (non-hydrogen) atoms. The number of allylic oxidation sites excluding steroid dienone is 5. The van der Waals surface area contributed by atoms with E-state index < -0.39 is 11.5 Å². The lowest BCUT2D eigenvalue weighted by Crippen LogP contribution is -2.49. The van der Waals surface area contributed by atoms with Crippen LogP contribution in [0.3, 0.4) is 0 Å². The summed E-state index contributed by atoms with van der Waals surface area (Å²) in [4.78, 5) is 31.3. The Morgan fingerprint density at radius 2 is 2.03 bits per heavy atom. The first-order valence-electron chi connectivity index (χ1n) is 11.7. The van der Waals surface area contributed by atoms with Crippen LogP contribution >= 0.6 is 0 Å². The number of hydrogen-bond donors (Lipinski definition) is 0. The first kappa shape index (κ1) is 21.0. The molecule has 0 aromatic heterocycles. The maximum Gasteiger partial charge on any atom is 0.178 e. The molecule has 0 saturated heterocycles. The molecule has 0 aromatic carbocycles. The van der Waals surface area contributed by atoms with Crippen LogP contribution < -0.4 is 0 Å². The van der Waals surface area contributed by atoms with Gasteiger partial charge in [0.25, 0.3) is 0 Å². The van der Waals surface area contributed by atoms with E-state index in [4.69, 9.17) is 4.84 Å². The molecular formula is C26H32NO4-. The molecular weight excluding hydrogens is 390 g/mol. The zero-order chi connectivity index (χ0) is 22.2. The minimum absolute atomic E-state index is 0.0264. The second-order valence-corrected chi connectivity index (χ2v) is 10.5. The fraction of sp³-hybridized carbons (Fsp3) is 0.615. The van der Waals surface area contributed by atoms with Crippen molar-refractivity contribution in [2.24, 2.45) is 16.2 Å². The van der Waals surface area contributed by atoms with Crippen molar-refractivity contribution in [1.29, 1.82) is 0 Å². The molecule has 4 unspecified atom stereocenters. The predicted octanol–water partition coefficient (Wildman–Crippen LogP) is 5.14. The topological polar surface area (TPSA) is 69.7 Å². The second kappa shape index (κ2) is 6.84. The number of carbonyl (C=O) groups excluding carboxylic acids is 2. The van der Waals surface area contributed by atoms with Crippen LogP contribution in [0.25, 0.3) is 0 Å². The highest BCUT2D eigenvalue weighted by molar-refractivity contribution is 6.01. The normalized spacial score (nSPS) is 39.7. The summed E-state index contributed by atoms with van der Waals surface area (Å²) in [5.41, 5.74) is 3.38. The molecule has 5 atom stereocenters. The summed E-state index contributed by atoms with van der Waals surface area (Å²) >= 11 is 0. The first-order valence-corrected chi connectivity index (χ1v) is 11.7. The summed E-state index contributed by atoms with van der Waals surface area (Å²) in [5.74, 6) is 0.312. The van der Waals surface area contributed by atoms with Gasteiger partial charge in [-0.25, -0.2) is 0 Å². The minimum atomic E-state index is -0.526. The molecule has 0 aromatic rings. The Morgan fingerprint density at radius 1 is 1.26 bits per heavy atom. The van der Waals surface area contributed by atoms with Gasteiger partial charge in [0.15, 0.2) is 5.78 Å². The molecule has 1 saturated carbocycles. The number of nitrogens with zero attached hydrogens (tertiary/aromatic N) is 1. The fourth-order valence-electron chi connectivity index (χ4n) is 6.96. The van der Waals surface area contributed by atoms with E-state index in [2.05, 4.69) is 19.9 Å². The second-order valence-electron chi connectivity index (χ2n) is 10.5. The molecule has 5 aliphatic carbocycles. The van der Waals surface area contributed by atoms with Crippen LogP contribution in [0.4, 0.5) is 0 Å². The highest BCUT2D eigenvalue weighted by Gasteiger charge is 2.64. The lowest BCUT2D eigenvalue weighted by atomic mass is 9.52. The van der Waals surface area contributed by atoms with Crippen molar-refractivity contribution in [2.75, 3.05) is 0 Å². The molecule has 0 radical (unpaired) electrons. The van der Waals surface area contributed by atoms with Crippen LogP contribution in [0.2, 0.25) is 0 Å². The van der Waals surface area contributed by atoms with Gasteiger partial charge >= 0.3 is 0 Å². The quantitative estimate of drug-likeness (QED) is 0.587. The number of ketones is 2. The van der Waals surface area contributed by atoms with Gasteiger partial charge in [-0.3, -0.25) is 14.8 Å². The largest absolute Gasteiger partial charge is 0.762 e. The van der Waals surface area contributed by atoms with Gasteiger partial charge < -0.3 is 10.0 Å². The van der Waals surface area contributed by atoms with Crippen LogP contribution in [0, 0.1) is 21.5 Å². The third-order valence-corrected chi connectivity index (χ3v) is 9.04. The van der Waals surface area contributed by atoms with Crippen molar-refractivity contribution in [3.05, 3.63) is 51.8 Å². The SMILES string of the molecule is CCC(C)ON([O-])C1CC2=CC(=O)C=CC2(C)C2=C1C1=CC[C@@]3(C)CCC(=O)C13CC2. The standard InChI is InChI=1S/C26H32NO4/c1-5-16(2)31-27(30)21-15-17-14-18(28)6-12-25(17,4)19-8-13-26-20(23(19)21)7-10-24(26,3)11-9-22(26)29/h6-7,12,14,16,21H,5,8-11,13,15H2,1-4H3/q-1/t16?,21?,24-,25?,26?/m0/s1. The molecule has 0 bridgehead atoms. The highest BCUT2D eigenvalue weighted by Crippen LogP contribution is 2.69. The Kier molecular flexibility index (Phi) is 4.64. The molecule has 5 aliphatic rings. The number of hydroxylamine groups is 2. The molecule has 0 heterocycles. The summed E-state index contributed by atoms with van der Waals surface area (Å²) in [5, 5.41) is 14.1. The van der Waals surface area contributed by atoms with Crippen molar-refractivity contribution in [2.45, 2.75) is 84.8 Å². The van der Waals surface area contributed by atoms with Gasteiger partial charge in [-0.1, -0.05) is 37.1 Å². The number of fused-ring (bicyclic) bond motifs is 3. The van der Waals surface area contributed by atoms with Gasteiger partial charge in [-0.15, -0.1) is 0 Å². The fourth-order valence-corrected chi connectivity index (χ4v) is 6.96. The van der Waals surface area contributed by atoms with Gasteiger partial charge in [0, 0.05) is 11.8 Å². The Bertz CT molecular complexity index is 987. The number of rotatable bonds is 4.